The van der Waals surface area contributed by atoms with Gasteiger partial charge in [0.2, 0.25) is 5.78 Å². The fourth-order valence-electron chi connectivity index (χ4n) is 2.65. The number of carbonyl (C=O) groups excluding carboxylic acids is 3. The molecule has 152 valence electrons. The van der Waals surface area contributed by atoms with Crippen molar-refractivity contribution in [2.24, 2.45) is 0 Å². The van der Waals surface area contributed by atoms with Crippen LogP contribution in [0, 0.1) is 10.1 Å². The van der Waals surface area contributed by atoms with Gasteiger partial charge in [-0.3, -0.25) is 24.5 Å². The van der Waals surface area contributed by atoms with Crippen molar-refractivity contribution in [1.29, 1.82) is 0 Å². The van der Waals surface area contributed by atoms with Crippen LogP contribution >= 0.6 is 11.6 Å². The maximum Gasteiger partial charge on any atom is 0.351 e. The summed E-state index contributed by atoms with van der Waals surface area (Å²) in [5.74, 6) is -4.42. The molecule has 11 heteroatoms. The maximum atomic E-state index is 12.4. The number of nitro groups is 1. The number of nitrogens with zero attached hydrogens (tertiary/aromatic N) is 1. The van der Waals surface area contributed by atoms with Gasteiger partial charge in [-0.05, 0) is 24.3 Å². The van der Waals surface area contributed by atoms with E-state index in [2.05, 4.69) is 0 Å². The highest BCUT2D eigenvalue weighted by molar-refractivity contribution is 6.44. The number of fused-ring (bicyclic) bond motifs is 1. The number of rotatable bonds is 6. The van der Waals surface area contributed by atoms with E-state index in [1.54, 1.807) is 6.07 Å². The molecule has 0 aliphatic rings. The van der Waals surface area contributed by atoms with Crippen molar-refractivity contribution in [1.82, 2.24) is 0 Å². The lowest BCUT2D eigenvalue weighted by atomic mass is 10.0. The largest absolute Gasteiger partial charge is 0.506 e. The summed E-state index contributed by atoms with van der Waals surface area (Å²) >= 11 is 5.68. The zero-order valence-corrected chi connectivity index (χ0v) is 15.6. The third-order valence-electron chi connectivity index (χ3n) is 4.04. The standard InChI is InChI=1S/C19H11ClN2O8/c20-9-5-6-11(12(7-9)22(28)29)21-18(26)14(24)8-13(23)16-17(25)10-3-1-2-4-15(10)30-19(16)27/h1-7,25H,8H2,(H,21,26). The first-order chi connectivity index (χ1) is 14.2. The second-order valence-electron chi connectivity index (χ2n) is 6.01. The van der Waals surface area contributed by atoms with Crippen LogP contribution in [0.1, 0.15) is 16.8 Å². The summed E-state index contributed by atoms with van der Waals surface area (Å²) < 4.78 is 4.95. The van der Waals surface area contributed by atoms with Crippen LogP contribution in [0.4, 0.5) is 11.4 Å². The first kappa shape index (κ1) is 20.7. The Hall–Kier alpha value is -4.05. The van der Waals surface area contributed by atoms with Gasteiger partial charge in [-0.15, -0.1) is 0 Å². The number of anilines is 1. The molecule has 30 heavy (non-hydrogen) atoms. The van der Waals surface area contributed by atoms with Crippen molar-refractivity contribution >= 4 is 51.4 Å². The Kier molecular flexibility index (Phi) is 5.61. The van der Waals surface area contributed by atoms with Gasteiger partial charge in [0.05, 0.1) is 16.7 Å². The molecule has 2 N–H and O–H groups in total. The highest BCUT2D eigenvalue weighted by Crippen LogP contribution is 2.28. The summed E-state index contributed by atoms with van der Waals surface area (Å²) in [7, 11) is 0. The van der Waals surface area contributed by atoms with E-state index in [1.807, 2.05) is 5.32 Å². The van der Waals surface area contributed by atoms with Crippen molar-refractivity contribution < 1.29 is 28.8 Å². The Morgan fingerprint density at radius 1 is 1.17 bits per heavy atom. The summed E-state index contributed by atoms with van der Waals surface area (Å²) in [6.07, 6.45) is -1.07. The number of hydrogen-bond donors (Lipinski definition) is 2. The quantitative estimate of drug-likeness (QED) is 0.151. The minimum atomic E-state index is -1.32. The number of aromatic hydroxyl groups is 1. The average Bonchev–Trinajstić information content (AvgIpc) is 2.69. The number of Topliss-reactive ketones (excluding diaryl/α,β-unsaturated/α-hetero) is 2. The third kappa shape index (κ3) is 4.03. The van der Waals surface area contributed by atoms with E-state index in [9.17, 15) is 34.4 Å². The molecule has 3 rings (SSSR count). The van der Waals surface area contributed by atoms with E-state index in [-0.39, 0.29) is 21.7 Å². The van der Waals surface area contributed by atoms with Crippen LogP contribution in [0.5, 0.6) is 5.75 Å². The van der Waals surface area contributed by atoms with Gasteiger partial charge in [-0.2, -0.15) is 0 Å². The number of nitrogens with one attached hydrogen (secondary N) is 1. The van der Waals surface area contributed by atoms with Crippen LogP contribution in [0.25, 0.3) is 11.0 Å². The number of benzene rings is 2. The van der Waals surface area contributed by atoms with E-state index in [0.717, 1.165) is 12.1 Å². The Labute approximate surface area is 171 Å². The van der Waals surface area contributed by atoms with Crippen LogP contribution in [0.15, 0.2) is 51.7 Å². The van der Waals surface area contributed by atoms with Gasteiger partial charge >= 0.3 is 5.63 Å². The number of halogens is 1. The number of ketones is 2. The Morgan fingerprint density at radius 3 is 2.57 bits per heavy atom. The number of hydrogen-bond acceptors (Lipinski definition) is 8. The van der Waals surface area contributed by atoms with Gasteiger partial charge < -0.3 is 14.8 Å². The summed E-state index contributed by atoms with van der Waals surface area (Å²) in [5, 5.41) is 23.4. The van der Waals surface area contributed by atoms with Crippen LogP contribution < -0.4 is 10.9 Å². The Bertz CT molecular complexity index is 1280. The molecule has 0 spiro atoms. The molecule has 0 unspecified atom stereocenters. The lowest BCUT2D eigenvalue weighted by molar-refractivity contribution is -0.383. The second kappa shape index (κ2) is 8.13. The van der Waals surface area contributed by atoms with Crippen molar-refractivity contribution in [2.45, 2.75) is 6.42 Å². The minimum Gasteiger partial charge on any atom is -0.506 e. The summed E-state index contributed by atoms with van der Waals surface area (Å²) in [5.41, 5.74) is -2.76. The summed E-state index contributed by atoms with van der Waals surface area (Å²) in [6, 6.07) is 9.26. The molecule has 0 aliphatic carbocycles. The monoisotopic (exact) mass is 430 g/mol. The molecule has 0 saturated heterocycles. The predicted molar refractivity (Wildman–Crippen MR) is 105 cm³/mol. The molecule has 0 fully saturated rings. The van der Waals surface area contributed by atoms with E-state index < -0.39 is 51.4 Å². The Morgan fingerprint density at radius 2 is 1.87 bits per heavy atom. The van der Waals surface area contributed by atoms with Crippen LogP contribution in [-0.4, -0.2) is 27.5 Å². The maximum absolute atomic E-state index is 12.4. The molecular formula is C19H11ClN2O8. The fourth-order valence-corrected chi connectivity index (χ4v) is 2.81. The first-order valence-corrected chi connectivity index (χ1v) is 8.63. The van der Waals surface area contributed by atoms with E-state index in [0.29, 0.717) is 0 Å². The normalized spacial score (nSPS) is 10.6. The third-order valence-corrected chi connectivity index (χ3v) is 4.28. The molecule has 0 atom stereocenters. The van der Waals surface area contributed by atoms with Crippen molar-refractivity contribution in [3.8, 4) is 5.75 Å². The molecule has 1 amide bonds. The van der Waals surface area contributed by atoms with Crippen LogP contribution in [-0.2, 0) is 9.59 Å². The molecule has 1 heterocycles. The number of para-hydroxylation sites is 1. The molecular weight excluding hydrogens is 420 g/mol. The predicted octanol–water partition coefficient (Wildman–Crippen LogP) is 2.84. The minimum absolute atomic E-state index is 0.0377. The number of amides is 1. The average molecular weight is 431 g/mol. The molecule has 10 nitrogen and oxygen atoms in total. The highest BCUT2D eigenvalue weighted by Gasteiger charge is 2.27. The molecule has 2 aromatic carbocycles. The van der Waals surface area contributed by atoms with Gasteiger partial charge in [0, 0.05) is 11.1 Å². The second-order valence-corrected chi connectivity index (χ2v) is 6.44. The molecule has 0 saturated carbocycles. The molecule has 1 aromatic heterocycles. The zero-order chi connectivity index (χ0) is 22.0. The lowest BCUT2D eigenvalue weighted by Gasteiger charge is -2.07. The van der Waals surface area contributed by atoms with E-state index in [1.165, 1.54) is 24.3 Å². The fraction of sp³-hybridized carbons (Fsp3) is 0.0526. The van der Waals surface area contributed by atoms with Gasteiger partial charge in [0.1, 0.15) is 22.6 Å². The highest BCUT2D eigenvalue weighted by atomic mass is 35.5. The van der Waals surface area contributed by atoms with E-state index >= 15 is 0 Å². The molecule has 0 radical (unpaired) electrons. The van der Waals surface area contributed by atoms with E-state index in [4.69, 9.17) is 16.0 Å². The van der Waals surface area contributed by atoms with Crippen LogP contribution in [0.3, 0.4) is 0 Å². The summed E-state index contributed by atoms with van der Waals surface area (Å²) in [6.45, 7) is 0. The van der Waals surface area contributed by atoms with Gasteiger partial charge in [-0.1, -0.05) is 23.7 Å². The molecule has 3 aromatic rings. The van der Waals surface area contributed by atoms with Gasteiger partial charge in [-0.25, -0.2) is 4.79 Å². The number of nitro benzene ring substituents is 1. The molecule has 0 aliphatic heterocycles. The first-order valence-electron chi connectivity index (χ1n) is 8.25. The lowest BCUT2D eigenvalue weighted by Crippen LogP contribution is -2.27. The van der Waals surface area contributed by atoms with Crippen LogP contribution in [0.2, 0.25) is 5.02 Å². The molecule has 0 bridgehead atoms. The van der Waals surface area contributed by atoms with Gasteiger partial charge in [0.15, 0.2) is 5.78 Å². The summed E-state index contributed by atoms with van der Waals surface area (Å²) in [4.78, 5) is 58.9. The SMILES string of the molecule is O=C(CC(=O)c1c(O)c2ccccc2oc1=O)C(=O)Nc1ccc(Cl)cc1[N+](=O)[O-]. The zero-order valence-electron chi connectivity index (χ0n) is 14.9. The topological polar surface area (TPSA) is 157 Å². The number of carbonyl (C=O) groups is 3. The van der Waals surface area contributed by atoms with Crippen molar-refractivity contribution in [2.75, 3.05) is 5.32 Å². The van der Waals surface area contributed by atoms with Crippen molar-refractivity contribution in [3.05, 3.63) is 73.6 Å². The Balaban J connectivity index is 1.82. The smallest absolute Gasteiger partial charge is 0.351 e. The van der Waals surface area contributed by atoms with Gasteiger partial charge in [0.25, 0.3) is 11.6 Å². The van der Waals surface area contributed by atoms with Crippen molar-refractivity contribution in [3.63, 3.8) is 0 Å².